The van der Waals surface area contributed by atoms with Gasteiger partial charge in [0.05, 0.1) is 43.9 Å². The molecule has 0 atom stereocenters. The number of fused-ring (bicyclic) bond motifs is 1. The molecule has 4 rings (SSSR count). The first-order valence-electron chi connectivity index (χ1n) is 11.4. The first-order valence-corrected chi connectivity index (χ1v) is 11.4. The number of methoxy groups -OCH3 is 2. The summed E-state index contributed by atoms with van der Waals surface area (Å²) >= 11 is 0. The van der Waals surface area contributed by atoms with E-state index in [0.717, 1.165) is 5.56 Å². The normalized spacial score (nSPS) is 12.3. The molecule has 8 nitrogen and oxygen atoms in total. The van der Waals surface area contributed by atoms with Crippen molar-refractivity contribution in [3.8, 4) is 5.75 Å². The van der Waals surface area contributed by atoms with Gasteiger partial charge in [0.2, 0.25) is 0 Å². The third kappa shape index (κ3) is 5.12. The van der Waals surface area contributed by atoms with E-state index in [1.165, 1.54) is 19.1 Å². The SMILES string of the molecule is COC(=O)CCN(Cc1ccccc1)C(=O)c1cc(CN2C(=O)c3ccccc3C2=O)ccc1OC. The summed E-state index contributed by atoms with van der Waals surface area (Å²) in [5.74, 6) is -1.16. The molecule has 0 bridgehead atoms. The average Bonchev–Trinajstić information content (AvgIpc) is 3.15. The van der Waals surface area contributed by atoms with Crippen molar-refractivity contribution in [2.24, 2.45) is 0 Å². The fourth-order valence-electron chi connectivity index (χ4n) is 4.14. The van der Waals surface area contributed by atoms with E-state index in [-0.39, 0.29) is 49.3 Å². The van der Waals surface area contributed by atoms with Crippen LogP contribution in [-0.4, -0.2) is 54.3 Å². The maximum atomic E-state index is 13.7. The molecule has 0 radical (unpaired) electrons. The molecule has 36 heavy (non-hydrogen) atoms. The highest BCUT2D eigenvalue weighted by Gasteiger charge is 2.35. The second kappa shape index (κ2) is 10.9. The summed E-state index contributed by atoms with van der Waals surface area (Å²) in [6, 6.07) is 21.1. The molecule has 3 amide bonds. The molecule has 0 N–H and O–H groups in total. The number of rotatable bonds is 9. The predicted octanol–water partition coefficient (Wildman–Crippen LogP) is 3.70. The summed E-state index contributed by atoms with van der Waals surface area (Å²) in [7, 11) is 2.77. The fraction of sp³-hybridized carbons (Fsp3) is 0.214. The van der Waals surface area contributed by atoms with Crippen molar-refractivity contribution in [2.45, 2.75) is 19.5 Å². The Balaban J connectivity index is 1.61. The van der Waals surface area contributed by atoms with Crippen LogP contribution in [0.3, 0.4) is 0 Å². The van der Waals surface area contributed by atoms with Crippen LogP contribution in [0.1, 0.15) is 48.6 Å². The second-order valence-electron chi connectivity index (χ2n) is 8.32. The van der Waals surface area contributed by atoms with Crippen molar-refractivity contribution < 1.29 is 28.7 Å². The number of esters is 1. The first-order chi connectivity index (χ1) is 17.4. The minimum absolute atomic E-state index is 0.0114. The molecule has 3 aromatic rings. The molecule has 0 aliphatic carbocycles. The van der Waals surface area contributed by atoms with Gasteiger partial charge in [-0.2, -0.15) is 0 Å². The number of carbonyl (C=O) groups excluding carboxylic acids is 4. The number of imide groups is 1. The van der Waals surface area contributed by atoms with E-state index in [1.807, 2.05) is 30.3 Å². The summed E-state index contributed by atoms with van der Waals surface area (Å²) in [6.45, 7) is 0.437. The van der Waals surface area contributed by atoms with Crippen LogP contribution in [-0.2, 0) is 22.6 Å². The largest absolute Gasteiger partial charge is 0.496 e. The van der Waals surface area contributed by atoms with Gasteiger partial charge in [-0.3, -0.25) is 24.1 Å². The first kappa shape index (κ1) is 24.7. The van der Waals surface area contributed by atoms with E-state index in [4.69, 9.17) is 9.47 Å². The summed E-state index contributed by atoms with van der Waals surface area (Å²) in [4.78, 5) is 53.8. The Bertz CT molecular complexity index is 1270. The Hall–Kier alpha value is -4.46. The highest BCUT2D eigenvalue weighted by atomic mass is 16.5. The molecule has 3 aromatic carbocycles. The monoisotopic (exact) mass is 486 g/mol. The van der Waals surface area contributed by atoms with Gasteiger partial charge in [-0.25, -0.2) is 0 Å². The van der Waals surface area contributed by atoms with Gasteiger partial charge < -0.3 is 14.4 Å². The number of amides is 3. The standard InChI is InChI=1S/C28H26N2O6/c1-35-24-13-12-20(18-30-27(33)21-10-6-7-11-22(21)28(30)34)16-23(24)26(32)29(15-14-25(31)36-2)17-19-8-4-3-5-9-19/h3-13,16H,14-15,17-18H2,1-2H3. The van der Waals surface area contributed by atoms with E-state index in [9.17, 15) is 19.2 Å². The zero-order chi connectivity index (χ0) is 25.7. The topological polar surface area (TPSA) is 93.2 Å². The molecule has 0 aromatic heterocycles. The van der Waals surface area contributed by atoms with Crippen LogP contribution in [0.2, 0.25) is 0 Å². The summed E-state index contributed by atoms with van der Waals surface area (Å²) < 4.78 is 10.2. The van der Waals surface area contributed by atoms with Gasteiger partial charge in [0.25, 0.3) is 17.7 Å². The summed E-state index contributed by atoms with van der Waals surface area (Å²) in [5.41, 5.74) is 2.50. The lowest BCUT2D eigenvalue weighted by atomic mass is 10.1. The number of benzene rings is 3. The molecular formula is C28H26N2O6. The zero-order valence-electron chi connectivity index (χ0n) is 20.1. The molecule has 1 aliphatic heterocycles. The van der Waals surface area contributed by atoms with Crippen LogP contribution in [0, 0.1) is 0 Å². The van der Waals surface area contributed by atoms with Crippen molar-refractivity contribution in [1.29, 1.82) is 0 Å². The van der Waals surface area contributed by atoms with Crippen molar-refractivity contribution in [1.82, 2.24) is 9.80 Å². The Kier molecular flexibility index (Phi) is 7.44. The van der Waals surface area contributed by atoms with Crippen LogP contribution in [0.4, 0.5) is 0 Å². The van der Waals surface area contributed by atoms with Crippen LogP contribution < -0.4 is 4.74 Å². The molecule has 0 saturated carbocycles. The highest BCUT2D eigenvalue weighted by molar-refractivity contribution is 6.21. The molecule has 0 fully saturated rings. The van der Waals surface area contributed by atoms with Crippen LogP contribution in [0.25, 0.3) is 0 Å². The zero-order valence-corrected chi connectivity index (χ0v) is 20.1. The molecule has 184 valence electrons. The van der Waals surface area contributed by atoms with Gasteiger partial charge in [0, 0.05) is 13.1 Å². The number of ether oxygens (including phenoxy) is 2. The molecule has 0 saturated heterocycles. The van der Waals surface area contributed by atoms with Crippen molar-refractivity contribution in [2.75, 3.05) is 20.8 Å². The van der Waals surface area contributed by atoms with Crippen molar-refractivity contribution in [3.63, 3.8) is 0 Å². The Morgan fingerprint density at radius 2 is 1.47 bits per heavy atom. The molecule has 8 heteroatoms. The van der Waals surface area contributed by atoms with E-state index in [0.29, 0.717) is 22.4 Å². The van der Waals surface area contributed by atoms with Gasteiger partial charge in [0.1, 0.15) is 5.75 Å². The lowest BCUT2D eigenvalue weighted by molar-refractivity contribution is -0.140. The number of nitrogens with zero attached hydrogens (tertiary/aromatic N) is 2. The summed E-state index contributed by atoms with van der Waals surface area (Å²) in [6.07, 6.45) is 0.0338. The molecule has 0 spiro atoms. The lowest BCUT2D eigenvalue weighted by Crippen LogP contribution is -2.33. The van der Waals surface area contributed by atoms with E-state index < -0.39 is 5.97 Å². The van der Waals surface area contributed by atoms with Crippen molar-refractivity contribution >= 4 is 23.7 Å². The number of hydrogen-bond donors (Lipinski definition) is 0. The summed E-state index contributed by atoms with van der Waals surface area (Å²) in [5, 5.41) is 0. The van der Waals surface area contributed by atoms with E-state index >= 15 is 0 Å². The maximum Gasteiger partial charge on any atom is 0.307 e. The minimum atomic E-state index is -0.424. The van der Waals surface area contributed by atoms with Gasteiger partial charge in [0.15, 0.2) is 0 Å². The average molecular weight is 487 g/mol. The third-order valence-electron chi connectivity index (χ3n) is 6.03. The molecule has 0 unspecified atom stereocenters. The quantitative estimate of drug-likeness (QED) is 0.338. The molecule has 1 aliphatic rings. The fourth-order valence-corrected chi connectivity index (χ4v) is 4.14. The van der Waals surface area contributed by atoms with Crippen LogP contribution >= 0.6 is 0 Å². The molecular weight excluding hydrogens is 460 g/mol. The van der Waals surface area contributed by atoms with Gasteiger partial charge in [-0.15, -0.1) is 0 Å². The van der Waals surface area contributed by atoms with E-state index in [2.05, 4.69) is 0 Å². The van der Waals surface area contributed by atoms with Gasteiger partial charge in [-0.1, -0.05) is 48.5 Å². The third-order valence-corrected chi connectivity index (χ3v) is 6.03. The van der Waals surface area contributed by atoms with Gasteiger partial charge >= 0.3 is 5.97 Å². The Morgan fingerprint density at radius 3 is 2.08 bits per heavy atom. The Labute approximate surface area is 209 Å². The highest BCUT2D eigenvalue weighted by Crippen LogP contribution is 2.27. The number of hydrogen-bond acceptors (Lipinski definition) is 6. The smallest absolute Gasteiger partial charge is 0.307 e. The van der Waals surface area contributed by atoms with Crippen LogP contribution in [0.15, 0.2) is 72.8 Å². The maximum absolute atomic E-state index is 13.7. The Morgan fingerprint density at radius 1 is 0.833 bits per heavy atom. The van der Waals surface area contributed by atoms with E-state index in [1.54, 1.807) is 47.4 Å². The minimum Gasteiger partial charge on any atom is -0.496 e. The van der Waals surface area contributed by atoms with Crippen LogP contribution in [0.5, 0.6) is 5.75 Å². The number of carbonyl (C=O) groups is 4. The van der Waals surface area contributed by atoms with Gasteiger partial charge in [-0.05, 0) is 35.4 Å². The van der Waals surface area contributed by atoms with Crippen molar-refractivity contribution in [3.05, 3.63) is 101 Å². The predicted molar refractivity (Wildman–Crippen MR) is 131 cm³/mol. The second-order valence-corrected chi connectivity index (χ2v) is 8.32. The molecule has 1 heterocycles. The lowest BCUT2D eigenvalue weighted by Gasteiger charge is -2.24.